The van der Waals surface area contributed by atoms with Crippen LogP contribution < -0.4 is 5.32 Å². The summed E-state index contributed by atoms with van der Waals surface area (Å²) in [4.78, 5) is 26.9. The lowest BCUT2D eigenvalue weighted by Crippen LogP contribution is -2.27. The summed E-state index contributed by atoms with van der Waals surface area (Å²) in [5.74, 6) is -1.01. The van der Waals surface area contributed by atoms with Crippen molar-refractivity contribution in [3.8, 4) is 10.6 Å². The number of nitrogens with one attached hydrogen (secondary N) is 1. The minimum Gasteiger partial charge on any atom is -0.476 e. The van der Waals surface area contributed by atoms with Crippen LogP contribution in [-0.2, 0) is 11.3 Å². The molecule has 2 aromatic rings. The molecule has 0 bridgehead atoms. The molecule has 1 aromatic carbocycles. The highest BCUT2D eigenvalue weighted by Gasteiger charge is 2.15. The van der Waals surface area contributed by atoms with Crippen LogP contribution >= 0.6 is 11.3 Å². The maximum absolute atomic E-state index is 11.9. The van der Waals surface area contributed by atoms with E-state index in [4.69, 9.17) is 5.11 Å². The van der Waals surface area contributed by atoms with Gasteiger partial charge in [0.15, 0.2) is 5.69 Å². The van der Waals surface area contributed by atoms with Crippen LogP contribution in [0.5, 0.6) is 0 Å². The largest absolute Gasteiger partial charge is 0.476 e. The lowest BCUT2D eigenvalue weighted by Gasteiger charge is -2.17. The van der Waals surface area contributed by atoms with Gasteiger partial charge in [0.1, 0.15) is 5.01 Å². The first-order valence-corrected chi connectivity index (χ1v) is 8.17. The fourth-order valence-corrected chi connectivity index (χ4v) is 2.85. The highest BCUT2D eigenvalue weighted by Crippen LogP contribution is 2.24. The Morgan fingerprint density at radius 1 is 1.30 bits per heavy atom. The molecule has 1 heterocycles. The molecule has 0 aliphatic carbocycles. The minimum absolute atomic E-state index is 0.0188. The van der Waals surface area contributed by atoms with Crippen molar-refractivity contribution in [1.82, 2.24) is 10.3 Å². The van der Waals surface area contributed by atoms with Gasteiger partial charge in [-0.2, -0.15) is 0 Å². The van der Waals surface area contributed by atoms with Gasteiger partial charge in [-0.3, -0.25) is 4.79 Å². The Hall–Kier alpha value is -2.21. The third kappa shape index (κ3) is 5.17. The summed E-state index contributed by atoms with van der Waals surface area (Å²) in [7, 11) is 0. The molecule has 122 valence electrons. The van der Waals surface area contributed by atoms with Crippen LogP contribution in [-0.4, -0.2) is 22.0 Å². The molecule has 2 N–H and O–H groups in total. The van der Waals surface area contributed by atoms with Crippen LogP contribution in [0.15, 0.2) is 29.6 Å². The van der Waals surface area contributed by atoms with Crippen LogP contribution in [0.2, 0.25) is 0 Å². The SMILES string of the molecule is CC(C)(C)CC(=O)NCc1cccc(-c2nc(C(=O)O)cs2)c1. The van der Waals surface area contributed by atoms with E-state index in [1.54, 1.807) is 0 Å². The zero-order valence-electron chi connectivity index (χ0n) is 13.4. The topological polar surface area (TPSA) is 79.3 Å². The van der Waals surface area contributed by atoms with Gasteiger partial charge >= 0.3 is 5.97 Å². The number of amides is 1. The quantitative estimate of drug-likeness (QED) is 0.877. The second-order valence-corrected chi connectivity index (χ2v) is 7.42. The molecule has 23 heavy (non-hydrogen) atoms. The van der Waals surface area contributed by atoms with E-state index >= 15 is 0 Å². The van der Waals surface area contributed by atoms with E-state index in [0.29, 0.717) is 18.0 Å². The summed E-state index contributed by atoms with van der Waals surface area (Å²) >= 11 is 1.29. The van der Waals surface area contributed by atoms with E-state index in [1.165, 1.54) is 16.7 Å². The molecular formula is C17H20N2O3S. The number of carboxylic acids is 1. The van der Waals surface area contributed by atoms with Crippen molar-refractivity contribution >= 4 is 23.2 Å². The molecule has 0 spiro atoms. The maximum atomic E-state index is 11.9. The minimum atomic E-state index is -1.03. The van der Waals surface area contributed by atoms with Gasteiger partial charge in [-0.15, -0.1) is 11.3 Å². The molecular weight excluding hydrogens is 312 g/mol. The molecule has 0 aliphatic heterocycles. The van der Waals surface area contributed by atoms with Crippen molar-refractivity contribution < 1.29 is 14.7 Å². The van der Waals surface area contributed by atoms with Crippen LogP contribution in [0, 0.1) is 5.41 Å². The summed E-state index contributed by atoms with van der Waals surface area (Å²) < 4.78 is 0. The molecule has 0 saturated heterocycles. The predicted octanol–water partition coefficient (Wildman–Crippen LogP) is 3.56. The summed E-state index contributed by atoms with van der Waals surface area (Å²) in [5, 5.41) is 14.0. The van der Waals surface area contributed by atoms with Gasteiger partial charge in [0.05, 0.1) is 0 Å². The smallest absolute Gasteiger partial charge is 0.355 e. The number of rotatable bonds is 5. The molecule has 0 fully saturated rings. The number of hydrogen-bond donors (Lipinski definition) is 2. The average Bonchev–Trinajstić information content (AvgIpc) is 2.94. The fourth-order valence-electron chi connectivity index (χ4n) is 2.06. The zero-order valence-corrected chi connectivity index (χ0v) is 14.2. The van der Waals surface area contributed by atoms with Crippen LogP contribution in [0.4, 0.5) is 0 Å². The van der Waals surface area contributed by atoms with E-state index in [1.807, 2.05) is 45.0 Å². The molecule has 1 amide bonds. The van der Waals surface area contributed by atoms with Crippen molar-refractivity contribution in [2.45, 2.75) is 33.7 Å². The van der Waals surface area contributed by atoms with Gasteiger partial charge in [-0.25, -0.2) is 9.78 Å². The van der Waals surface area contributed by atoms with Crippen molar-refractivity contribution in [2.75, 3.05) is 0 Å². The standard InChI is InChI=1S/C17H20N2O3S/c1-17(2,3)8-14(20)18-9-11-5-4-6-12(7-11)15-19-13(10-23-15)16(21)22/h4-7,10H,8-9H2,1-3H3,(H,18,20)(H,21,22). The van der Waals surface area contributed by atoms with E-state index < -0.39 is 5.97 Å². The van der Waals surface area contributed by atoms with E-state index in [9.17, 15) is 9.59 Å². The number of carbonyl (C=O) groups is 2. The van der Waals surface area contributed by atoms with Crippen LogP contribution in [0.1, 0.15) is 43.2 Å². The van der Waals surface area contributed by atoms with E-state index in [2.05, 4.69) is 10.3 Å². The molecule has 6 heteroatoms. The number of benzene rings is 1. The third-order valence-electron chi connectivity index (χ3n) is 3.08. The lowest BCUT2D eigenvalue weighted by atomic mass is 9.92. The molecule has 5 nitrogen and oxygen atoms in total. The fraction of sp³-hybridized carbons (Fsp3) is 0.353. The van der Waals surface area contributed by atoms with Crippen LogP contribution in [0.25, 0.3) is 10.6 Å². The average molecular weight is 332 g/mol. The number of aromatic carboxylic acids is 1. The zero-order chi connectivity index (χ0) is 17.0. The molecule has 1 aromatic heterocycles. The number of nitrogens with zero attached hydrogens (tertiary/aromatic N) is 1. The molecule has 0 aliphatic rings. The Kier molecular flexibility index (Phi) is 5.15. The van der Waals surface area contributed by atoms with E-state index in [0.717, 1.165) is 11.1 Å². The molecule has 0 saturated carbocycles. The van der Waals surface area contributed by atoms with Crippen molar-refractivity contribution in [2.24, 2.45) is 5.41 Å². The Morgan fingerprint density at radius 3 is 2.65 bits per heavy atom. The first kappa shape index (κ1) is 17.1. The van der Waals surface area contributed by atoms with Crippen molar-refractivity contribution in [1.29, 1.82) is 0 Å². The number of aromatic nitrogens is 1. The Labute approximate surface area is 139 Å². The second-order valence-electron chi connectivity index (χ2n) is 6.56. The maximum Gasteiger partial charge on any atom is 0.355 e. The first-order valence-electron chi connectivity index (χ1n) is 7.29. The molecule has 0 radical (unpaired) electrons. The molecule has 0 atom stereocenters. The van der Waals surface area contributed by atoms with Gasteiger partial charge < -0.3 is 10.4 Å². The Balaban J connectivity index is 2.05. The third-order valence-corrected chi connectivity index (χ3v) is 3.97. The molecule has 2 rings (SSSR count). The van der Waals surface area contributed by atoms with Crippen molar-refractivity contribution in [3.05, 3.63) is 40.9 Å². The van der Waals surface area contributed by atoms with Crippen molar-refractivity contribution in [3.63, 3.8) is 0 Å². The normalized spacial score (nSPS) is 11.3. The van der Waals surface area contributed by atoms with E-state index in [-0.39, 0.29) is 17.0 Å². The highest BCUT2D eigenvalue weighted by molar-refractivity contribution is 7.13. The molecule has 0 unspecified atom stereocenters. The summed E-state index contributed by atoms with van der Waals surface area (Å²) in [6.45, 7) is 6.51. The lowest BCUT2D eigenvalue weighted by molar-refractivity contribution is -0.122. The van der Waals surface area contributed by atoms with Gasteiger partial charge in [-0.1, -0.05) is 39.0 Å². The Bertz CT molecular complexity index is 717. The monoisotopic (exact) mass is 332 g/mol. The van der Waals surface area contributed by atoms with Gasteiger partial charge in [0.2, 0.25) is 5.91 Å². The van der Waals surface area contributed by atoms with Gasteiger partial charge in [0.25, 0.3) is 0 Å². The summed E-state index contributed by atoms with van der Waals surface area (Å²) in [5.41, 5.74) is 1.82. The second kappa shape index (κ2) is 6.91. The number of thiazole rings is 1. The Morgan fingerprint density at radius 2 is 2.04 bits per heavy atom. The van der Waals surface area contributed by atoms with Gasteiger partial charge in [0, 0.05) is 23.9 Å². The number of carbonyl (C=O) groups excluding carboxylic acids is 1. The number of carboxylic acid groups (broad SMARTS) is 1. The van der Waals surface area contributed by atoms with Crippen LogP contribution in [0.3, 0.4) is 0 Å². The van der Waals surface area contributed by atoms with Gasteiger partial charge in [-0.05, 0) is 17.0 Å². The summed E-state index contributed by atoms with van der Waals surface area (Å²) in [6, 6.07) is 7.60. The predicted molar refractivity (Wildman–Crippen MR) is 90.4 cm³/mol. The first-order chi connectivity index (χ1) is 10.7. The summed E-state index contributed by atoms with van der Waals surface area (Å²) in [6.07, 6.45) is 0.473. The highest BCUT2D eigenvalue weighted by atomic mass is 32.1. The number of hydrogen-bond acceptors (Lipinski definition) is 4.